The summed E-state index contributed by atoms with van der Waals surface area (Å²) in [5.74, 6) is 0.680. The van der Waals surface area contributed by atoms with Crippen molar-refractivity contribution in [2.75, 3.05) is 36.4 Å². The molecule has 2 heterocycles. The number of amides is 1. The second-order valence-electron chi connectivity index (χ2n) is 9.70. The van der Waals surface area contributed by atoms with E-state index in [0.29, 0.717) is 17.1 Å². The summed E-state index contributed by atoms with van der Waals surface area (Å²) in [6.07, 6.45) is 1.59. The maximum atomic E-state index is 12.5. The van der Waals surface area contributed by atoms with Crippen LogP contribution in [-0.2, 0) is 4.79 Å². The van der Waals surface area contributed by atoms with Gasteiger partial charge in [-0.1, -0.05) is 56.3 Å². The normalized spacial score (nSPS) is 14.9. The molecule has 1 unspecified atom stereocenters. The van der Waals surface area contributed by atoms with E-state index in [1.54, 1.807) is 6.07 Å². The molecule has 0 radical (unpaired) electrons. The van der Waals surface area contributed by atoms with E-state index in [1.807, 2.05) is 68.4 Å². The van der Waals surface area contributed by atoms with Crippen molar-refractivity contribution in [2.24, 2.45) is 5.92 Å². The minimum atomic E-state index is -0.0937. The number of nitrogens with one attached hydrogen (secondary N) is 1. The quantitative estimate of drug-likeness (QED) is 0.316. The first-order valence-corrected chi connectivity index (χ1v) is 13.4. The number of oxazole rings is 1. The molecule has 1 aliphatic heterocycles. The number of fused-ring (bicyclic) bond motifs is 1. The van der Waals surface area contributed by atoms with Crippen LogP contribution in [-0.4, -0.2) is 42.0 Å². The molecule has 0 aliphatic carbocycles. The lowest BCUT2D eigenvalue weighted by Gasteiger charge is -2.39. The van der Waals surface area contributed by atoms with Crippen molar-refractivity contribution in [1.29, 1.82) is 5.26 Å². The van der Waals surface area contributed by atoms with E-state index in [1.165, 1.54) is 0 Å². The second kappa shape index (κ2) is 11.5. The van der Waals surface area contributed by atoms with E-state index in [9.17, 15) is 10.1 Å². The molecule has 1 atom stereocenters. The minimum Gasteiger partial charge on any atom is -0.439 e. The highest BCUT2D eigenvalue weighted by Crippen LogP contribution is 2.33. The highest BCUT2D eigenvalue weighted by Gasteiger charge is 2.30. The zero-order valence-electron chi connectivity index (χ0n) is 21.9. The fourth-order valence-corrected chi connectivity index (χ4v) is 5.26. The molecule has 0 saturated carbocycles. The first kappa shape index (κ1) is 25.5. The lowest BCUT2D eigenvalue weighted by atomic mass is 10.0. The summed E-state index contributed by atoms with van der Waals surface area (Å²) in [5, 5.41) is 12.9. The number of hydrogen-bond acceptors (Lipinski definition) is 6. The first-order chi connectivity index (χ1) is 18.6. The van der Waals surface area contributed by atoms with Gasteiger partial charge in [0.2, 0.25) is 11.8 Å². The Hall–Kier alpha value is -4.15. The molecule has 7 heteroatoms. The third-order valence-electron chi connectivity index (χ3n) is 7.42. The van der Waals surface area contributed by atoms with E-state index in [0.717, 1.165) is 61.4 Å². The van der Waals surface area contributed by atoms with Crippen LogP contribution >= 0.6 is 0 Å². The van der Waals surface area contributed by atoms with Crippen LogP contribution < -0.4 is 10.2 Å². The summed E-state index contributed by atoms with van der Waals surface area (Å²) in [6, 6.07) is 26.1. The van der Waals surface area contributed by atoms with Gasteiger partial charge in [0.25, 0.3) is 0 Å². The van der Waals surface area contributed by atoms with Gasteiger partial charge < -0.3 is 14.6 Å². The molecule has 4 aromatic rings. The zero-order chi connectivity index (χ0) is 26.5. The predicted molar refractivity (Wildman–Crippen MR) is 150 cm³/mol. The molecule has 194 valence electrons. The summed E-state index contributed by atoms with van der Waals surface area (Å²) in [5.41, 5.74) is 4.92. The smallest absolute Gasteiger partial charge is 0.227 e. The predicted octanol–water partition coefficient (Wildman–Crippen LogP) is 5.99. The van der Waals surface area contributed by atoms with Gasteiger partial charge in [-0.25, -0.2) is 4.98 Å². The summed E-state index contributed by atoms with van der Waals surface area (Å²) in [7, 11) is 0. The van der Waals surface area contributed by atoms with E-state index < -0.39 is 0 Å². The fraction of sp³-hybridized carbons (Fsp3) is 0.323. The first-order valence-electron chi connectivity index (χ1n) is 13.4. The standard InChI is InChI=1S/C31H33N5O2/c1-3-22(4-2)30(37)33-25-14-15-27(24(20-25)21-32)35-16-18-36(19-17-35)29(23-10-6-5-7-11-23)31-34-26-12-8-9-13-28(26)38-31/h5-15,20,22,29H,3-4,16-19H2,1-2H3,(H,33,37). The lowest BCUT2D eigenvalue weighted by Crippen LogP contribution is -2.48. The van der Waals surface area contributed by atoms with Gasteiger partial charge in [-0.15, -0.1) is 0 Å². The molecule has 1 saturated heterocycles. The van der Waals surface area contributed by atoms with E-state index >= 15 is 0 Å². The van der Waals surface area contributed by atoms with Crippen molar-refractivity contribution in [3.8, 4) is 6.07 Å². The number of carbonyl (C=O) groups excluding carboxylic acids is 1. The number of aromatic nitrogens is 1. The van der Waals surface area contributed by atoms with Gasteiger partial charge in [-0.2, -0.15) is 5.26 Å². The molecule has 0 bridgehead atoms. The van der Waals surface area contributed by atoms with Crippen LogP contribution in [0.15, 0.2) is 77.2 Å². The molecular weight excluding hydrogens is 474 g/mol. The van der Waals surface area contributed by atoms with Crippen LogP contribution in [0.1, 0.15) is 49.7 Å². The maximum absolute atomic E-state index is 12.5. The Morgan fingerprint density at radius 1 is 1.00 bits per heavy atom. The number of hydrogen-bond donors (Lipinski definition) is 1. The Kier molecular flexibility index (Phi) is 7.71. The summed E-state index contributed by atoms with van der Waals surface area (Å²) < 4.78 is 6.22. The molecule has 1 amide bonds. The number of nitriles is 1. The number of nitrogens with zero attached hydrogens (tertiary/aromatic N) is 4. The molecule has 1 fully saturated rings. The second-order valence-corrected chi connectivity index (χ2v) is 9.70. The van der Waals surface area contributed by atoms with Gasteiger partial charge >= 0.3 is 0 Å². The Labute approximate surface area is 223 Å². The molecule has 38 heavy (non-hydrogen) atoms. The number of piperazine rings is 1. The Morgan fingerprint density at radius 3 is 2.39 bits per heavy atom. The van der Waals surface area contributed by atoms with Crippen LogP contribution in [0.3, 0.4) is 0 Å². The fourth-order valence-electron chi connectivity index (χ4n) is 5.26. The monoisotopic (exact) mass is 507 g/mol. The van der Waals surface area contributed by atoms with Crippen molar-refractivity contribution < 1.29 is 9.21 Å². The summed E-state index contributed by atoms with van der Waals surface area (Å²) in [6.45, 7) is 7.13. The molecule has 5 rings (SSSR count). The molecule has 1 N–H and O–H groups in total. The minimum absolute atomic E-state index is 0.00593. The number of carbonyl (C=O) groups is 1. The van der Waals surface area contributed by atoms with Crippen LogP contribution in [0.4, 0.5) is 11.4 Å². The Balaban J connectivity index is 1.34. The SMILES string of the molecule is CCC(CC)C(=O)Nc1ccc(N2CCN(C(c3ccccc3)c3nc4ccccc4o3)CC2)c(C#N)c1. The zero-order valence-corrected chi connectivity index (χ0v) is 21.9. The Bertz CT molecular complexity index is 1400. The molecule has 7 nitrogen and oxygen atoms in total. The third kappa shape index (κ3) is 5.27. The van der Waals surface area contributed by atoms with Crippen molar-refractivity contribution in [1.82, 2.24) is 9.88 Å². The number of benzene rings is 3. The highest BCUT2D eigenvalue weighted by atomic mass is 16.3. The van der Waals surface area contributed by atoms with E-state index in [2.05, 4.69) is 33.3 Å². The van der Waals surface area contributed by atoms with Crippen LogP contribution in [0.2, 0.25) is 0 Å². The van der Waals surface area contributed by atoms with Gasteiger partial charge in [-0.05, 0) is 48.7 Å². The van der Waals surface area contributed by atoms with Gasteiger partial charge in [0.1, 0.15) is 17.6 Å². The van der Waals surface area contributed by atoms with E-state index in [4.69, 9.17) is 9.40 Å². The average molecular weight is 508 g/mol. The van der Waals surface area contributed by atoms with Gasteiger partial charge in [0, 0.05) is 37.8 Å². The van der Waals surface area contributed by atoms with Crippen molar-refractivity contribution >= 4 is 28.4 Å². The van der Waals surface area contributed by atoms with Crippen LogP contribution in [0, 0.1) is 17.2 Å². The van der Waals surface area contributed by atoms with Crippen LogP contribution in [0.5, 0.6) is 0 Å². The van der Waals surface area contributed by atoms with Crippen molar-refractivity contribution in [2.45, 2.75) is 32.7 Å². The van der Waals surface area contributed by atoms with Gasteiger partial charge in [0.05, 0.1) is 11.3 Å². The highest BCUT2D eigenvalue weighted by molar-refractivity contribution is 5.93. The Morgan fingerprint density at radius 2 is 1.71 bits per heavy atom. The molecule has 0 spiro atoms. The van der Waals surface area contributed by atoms with Crippen molar-refractivity contribution in [3.05, 3.63) is 89.8 Å². The molecular formula is C31H33N5O2. The number of anilines is 2. The number of rotatable bonds is 8. The number of para-hydroxylation sites is 2. The summed E-state index contributed by atoms with van der Waals surface area (Å²) in [4.78, 5) is 22.0. The van der Waals surface area contributed by atoms with Crippen LogP contribution in [0.25, 0.3) is 11.1 Å². The largest absolute Gasteiger partial charge is 0.439 e. The lowest BCUT2D eigenvalue weighted by molar-refractivity contribution is -0.120. The average Bonchev–Trinajstić information content (AvgIpc) is 3.38. The molecule has 1 aromatic heterocycles. The van der Waals surface area contributed by atoms with Gasteiger partial charge in [0.15, 0.2) is 5.58 Å². The molecule has 3 aromatic carbocycles. The molecule has 1 aliphatic rings. The van der Waals surface area contributed by atoms with Crippen molar-refractivity contribution in [3.63, 3.8) is 0 Å². The topological polar surface area (TPSA) is 85.4 Å². The third-order valence-corrected chi connectivity index (χ3v) is 7.42. The van der Waals surface area contributed by atoms with Gasteiger partial charge in [-0.3, -0.25) is 9.69 Å². The van der Waals surface area contributed by atoms with E-state index in [-0.39, 0.29) is 17.9 Å². The summed E-state index contributed by atoms with van der Waals surface area (Å²) >= 11 is 0. The maximum Gasteiger partial charge on any atom is 0.227 e.